The van der Waals surface area contributed by atoms with E-state index in [0.717, 1.165) is 18.2 Å². The van der Waals surface area contributed by atoms with Crippen molar-refractivity contribution in [3.63, 3.8) is 0 Å². The zero-order chi connectivity index (χ0) is 12.2. The molecule has 1 heterocycles. The first-order chi connectivity index (χ1) is 7.56. The van der Waals surface area contributed by atoms with Crippen LogP contribution in [-0.4, -0.2) is 26.3 Å². The van der Waals surface area contributed by atoms with E-state index in [0.29, 0.717) is 5.69 Å². The summed E-state index contributed by atoms with van der Waals surface area (Å²) in [6.45, 7) is 4.15. The molecular formula is C11H18BrN3O. The number of hydrogen-bond acceptors (Lipinski definition) is 2. The van der Waals surface area contributed by atoms with Gasteiger partial charge in [-0.15, -0.1) is 0 Å². The van der Waals surface area contributed by atoms with Gasteiger partial charge in [0, 0.05) is 24.1 Å². The summed E-state index contributed by atoms with van der Waals surface area (Å²) in [5.74, 6) is -0.108. The van der Waals surface area contributed by atoms with Crippen LogP contribution >= 0.6 is 15.9 Å². The summed E-state index contributed by atoms with van der Waals surface area (Å²) in [5, 5.41) is 3.80. The molecule has 1 amide bonds. The molecule has 16 heavy (non-hydrogen) atoms. The number of alkyl halides is 1. The van der Waals surface area contributed by atoms with Crippen molar-refractivity contribution in [1.82, 2.24) is 14.9 Å². The van der Waals surface area contributed by atoms with Gasteiger partial charge in [0.15, 0.2) is 0 Å². The van der Waals surface area contributed by atoms with Crippen LogP contribution in [0.4, 0.5) is 0 Å². The summed E-state index contributed by atoms with van der Waals surface area (Å²) in [7, 11) is 1.85. The smallest absolute Gasteiger partial charge is 0.271 e. The minimum atomic E-state index is -0.172. The largest absolute Gasteiger partial charge is 0.344 e. The van der Waals surface area contributed by atoms with Crippen molar-refractivity contribution in [2.45, 2.75) is 32.2 Å². The number of nitrogens with zero attached hydrogens (tertiary/aromatic N) is 2. The predicted octanol–water partition coefficient (Wildman–Crippen LogP) is 2.10. The second kappa shape index (κ2) is 5.48. The SMILES string of the molecule is CCC(CC)(CBr)NC(=O)c1cn(C)cn1. The van der Waals surface area contributed by atoms with Crippen molar-refractivity contribution in [3.8, 4) is 0 Å². The van der Waals surface area contributed by atoms with Gasteiger partial charge < -0.3 is 9.88 Å². The first kappa shape index (κ1) is 13.2. The standard InChI is InChI=1S/C11H18BrN3O/c1-4-11(5-2,7-12)14-10(16)9-6-15(3)8-13-9/h6,8H,4-5,7H2,1-3H3,(H,14,16). The highest BCUT2D eigenvalue weighted by Gasteiger charge is 2.27. The van der Waals surface area contributed by atoms with Crippen molar-refractivity contribution < 1.29 is 4.79 Å². The third kappa shape index (κ3) is 2.84. The number of nitrogens with one attached hydrogen (secondary N) is 1. The first-order valence-electron chi connectivity index (χ1n) is 5.43. The number of aryl methyl sites for hydroxylation is 1. The molecule has 1 aromatic heterocycles. The van der Waals surface area contributed by atoms with Gasteiger partial charge in [0.25, 0.3) is 5.91 Å². The maximum Gasteiger partial charge on any atom is 0.271 e. The number of imidazole rings is 1. The van der Waals surface area contributed by atoms with Crippen LogP contribution in [0.15, 0.2) is 12.5 Å². The van der Waals surface area contributed by atoms with Gasteiger partial charge in [-0.3, -0.25) is 4.79 Å². The van der Waals surface area contributed by atoms with Crippen molar-refractivity contribution in [2.24, 2.45) is 7.05 Å². The van der Waals surface area contributed by atoms with E-state index in [1.54, 1.807) is 17.1 Å². The number of halogens is 1. The zero-order valence-corrected chi connectivity index (χ0v) is 11.5. The van der Waals surface area contributed by atoms with Crippen molar-refractivity contribution >= 4 is 21.8 Å². The molecule has 0 aliphatic carbocycles. The number of carbonyl (C=O) groups excluding carboxylic acids is 1. The van der Waals surface area contributed by atoms with Gasteiger partial charge in [0.2, 0.25) is 0 Å². The Kier molecular flexibility index (Phi) is 4.53. The van der Waals surface area contributed by atoms with E-state index in [2.05, 4.69) is 40.1 Å². The lowest BCUT2D eigenvalue weighted by atomic mass is 9.95. The van der Waals surface area contributed by atoms with Crippen LogP contribution in [-0.2, 0) is 7.05 Å². The molecular weight excluding hydrogens is 270 g/mol. The Labute approximate surface area is 105 Å². The average Bonchev–Trinajstić information content (AvgIpc) is 2.73. The van der Waals surface area contributed by atoms with E-state index in [1.807, 2.05) is 7.05 Å². The number of aromatic nitrogens is 2. The van der Waals surface area contributed by atoms with Crippen LogP contribution in [0.2, 0.25) is 0 Å². The van der Waals surface area contributed by atoms with Gasteiger partial charge in [-0.25, -0.2) is 4.98 Å². The Bertz CT molecular complexity index is 350. The van der Waals surface area contributed by atoms with Gasteiger partial charge in [0.1, 0.15) is 5.69 Å². The maximum atomic E-state index is 11.9. The molecule has 0 bridgehead atoms. The molecule has 5 heteroatoms. The van der Waals surface area contributed by atoms with Gasteiger partial charge in [-0.05, 0) is 12.8 Å². The quantitative estimate of drug-likeness (QED) is 0.843. The van der Waals surface area contributed by atoms with Gasteiger partial charge >= 0.3 is 0 Å². The monoisotopic (exact) mass is 287 g/mol. The summed E-state index contributed by atoms with van der Waals surface area (Å²) < 4.78 is 1.77. The lowest BCUT2D eigenvalue weighted by Crippen LogP contribution is -2.49. The van der Waals surface area contributed by atoms with Gasteiger partial charge in [0.05, 0.1) is 6.33 Å². The Balaban J connectivity index is 2.76. The fourth-order valence-corrected chi connectivity index (χ4v) is 2.42. The third-order valence-corrected chi connectivity index (χ3v) is 4.00. The van der Waals surface area contributed by atoms with Crippen LogP contribution in [0.5, 0.6) is 0 Å². The highest BCUT2D eigenvalue weighted by Crippen LogP contribution is 2.18. The minimum absolute atomic E-state index is 0.108. The predicted molar refractivity (Wildman–Crippen MR) is 67.8 cm³/mol. The van der Waals surface area contributed by atoms with Crippen LogP contribution in [0.1, 0.15) is 37.2 Å². The lowest BCUT2D eigenvalue weighted by Gasteiger charge is -2.30. The van der Waals surface area contributed by atoms with E-state index in [-0.39, 0.29) is 11.4 Å². The molecule has 0 saturated carbocycles. The first-order valence-corrected chi connectivity index (χ1v) is 6.55. The summed E-state index contributed by atoms with van der Waals surface area (Å²) in [4.78, 5) is 16.0. The highest BCUT2D eigenvalue weighted by atomic mass is 79.9. The minimum Gasteiger partial charge on any atom is -0.344 e. The van der Waals surface area contributed by atoms with Crippen LogP contribution < -0.4 is 5.32 Å². The molecule has 0 fully saturated rings. The Morgan fingerprint density at radius 1 is 1.56 bits per heavy atom. The van der Waals surface area contributed by atoms with Crippen molar-refractivity contribution in [1.29, 1.82) is 0 Å². The molecule has 0 aliphatic heterocycles. The van der Waals surface area contributed by atoms with Gasteiger partial charge in [-0.2, -0.15) is 0 Å². The number of amides is 1. The van der Waals surface area contributed by atoms with Crippen LogP contribution in [0, 0.1) is 0 Å². The maximum absolute atomic E-state index is 11.9. The van der Waals surface area contributed by atoms with E-state index >= 15 is 0 Å². The summed E-state index contributed by atoms with van der Waals surface area (Å²) in [6.07, 6.45) is 5.14. The number of rotatable bonds is 5. The number of carbonyl (C=O) groups is 1. The van der Waals surface area contributed by atoms with E-state index in [1.165, 1.54) is 0 Å². The molecule has 0 unspecified atom stereocenters. The molecule has 0 aliphatic rings. The molecule has 0 radical (unpaired) electrons. The molecule has 0 atom stereocenters. The molecule has 4 nitrogen and oxygen atoms in total. The highest BCUT2D eigenvalue weighted by molar-refractivity contribution is 9.09. The fraction of sp³-hybridized carbons (Fsp3) is 0.636. The van der Waals surface area contributed by atoms with Crippen molar-refractivity contribution in [3.05, 3.63) is 18.2 Å². The fourth-order valence-electron chi connectivity index (χ4n) is 1.48. The Hall–Kier alpha value is -0.840. The summed E-state index contributed by atoms with van der Waals surface area (Å²) >= 11 is 3.46. The summed E-state index contributed by atoms with van der Waals surface area (Å²) in [5.41, 5.74) is 0.295. The average molecular weight is 288 g/mol. The van der Waals surface area contributed by atoms with Crippen LogP contribution in [0.25, 0.3) is 0 Å². The molecule has 1 aromatic rings. The third-order valence-electron chi connectivity index (χ3n) is 2.93. The van der Waals surface area contributed by atoms with Gasteiger partial charge in [-0.1, -0.05) is 29.8 Å². The van der Waals surface area contributed by atoms with E-state index in [9.17, 15) is 4.79 Å². The molecule has 0 spiro atoms. The molecule has 0 aromatic carbocycles. The summed E-state index contributed by atoms with van der Waals surface area (Å²) in [6, 6.07) is 0. The molecule has 90 valence electrons. The Morgan fingerprint density at radius 2 is 2.19 bits per heavy atom. The second-order valence-corrected chi connectivity index (χ2v) is 4.56. The molecule has 1 rings (SSSR count). The second-order valence-electron chi connectivity index (χ2n) is 4.00. The Morgan fingerprint density at radius 3 is 2.56 bits per heavy atom. The van der Waals surface area contributed by atoms with E-state index < -0.39 is 0 Å². The van der Waals surface area contributed by atoms with Crippen LogP contribution in [0.3, 0.4) is 0 Å². The molecule has 1 N–H and O–H groups in total. The topological polar surface area (TPSA) is 46.9 Å². The normalized spacial score (nSPS) is 11.5. The van der Waals surface area contributed by atoms with Crippen molar-refractivity contribution in [2.75, 3.05) is 5.33 Å². The lowest BCUT2D eigenvalue weighted by molar-refractivity contribution is 0.0899. The molecule has 0 saturated heterocycles. The number of hydrogen-bond donors (Lipinski definition) is 1. The van der Waals surface area contributed by atoms with E-state index in [4.69, 9.17) is 0 Å². The zero-order valence-electron chi connectivity index (χ0n) is 9.96.